The molecule has 21 heavy (non-hydrogen) atoms. The average Bonchev–Trinajstić information content (AvgIpc) is 2.79. The molecule has 0 amide bonds. The van der Waals surface area contributed by atoms with Crippen LogP contribution in [0.1, 0.15) is 41.9 Å². The molecular weight excluding hydrogens is 265 g/mol. The minimum Gasteiger partial charge on any atom is -0.343 e. The first-order valence-corrected chi connectivity index (χ1v) is 6.95. The van der Waals surface area contributed by atoms with Crippen LogP contribution in [0.4, 0.5) is 4.39 Å². The van der Waals surface area contributed by atoms with Crippen molar-refractivity contribution in [1.82, 2.24) is 4.57 Å². The maximum atomic E-state index is 13.5. The molecule has 0 saturated heterocycles. The van der Waals surface area contributed by atoms with Crippen molar-refractivity contribution in [2.45, 2.75) is 26.8 Å². The highest BCUT2D eigenvalue weighted by Crippen LogP contribution is 2.31. The van der Waals surface area contributed by atoms with Crippen LogP contribution < -0.4 is 0 Å². The van der Waals surface area contributed by atoms with E-state index in [0.717, 1.165) is 12.1 Å². The summed E-state index contributed by atoms with van der Waals surface area (Å²) in [5, 5.41) is 0. The number of rotatable bonds is 0. The van der Waals surface area contributed by atoms with Crippen LogP contribution in [0, 0.1) is 23.1 Å². The highest BCUT2D eigenvalue weighted by molar-refractivity contribution is 5.96. The minimum atomic E-state index is -0.328. The Bertz CT molecular complexity index is 774. The summed E-state index contributed by atoms with van der Waals surface area (Å²) in [7, 11) is 0. The van der Waals surface area contributed by atoms with Crippen LogP contribution in [-0.2, 0) is 6.54 Å². The number of halogens is 1. The standard InChI is InChI=1S/C18H16FNO/c1-18(2)10-17(21)16-9-13(11-20(16)12-18)7-8-14-5-3-4-6-15(14)19/h3-6,9,11H,10,12H2,1-2H3. The van der Waals surface area contributed by atoms with Crippen molar-refractivity contribution < 1.29 is 9.18 Å². The van der Waals surface area contributed by atoms with Crippen LogP contribution in [0.3, 0.4) is 0 Å². The molecule has 1 aliphatic rings. The van der Waals surface area contributed by atoms with Gasteiger partial charge in [-0.3, -0.25) is 4.79 Å². The van der Waals surface area contributed by atoms with Gasteiger partial charge < -0.3 is 4.57 Å². The Labute approximate surface area is 123 Å². The smallest absolute Gasteiger partial charge is 0.179 e. The predicted octanol–water partition coefficient (Wildman–Crippen LogP) is 3.64. The van der Waals surface area contributed by atoms with Crippen molar-refractivity contribution >= 4 is 5.78 Å². The van der Waals surface area contributed by atoms with E-state index in [1.807, 2.05) is 10.8 Å². The molecule has 0 saturated carbocycles. The van der Waals surface area contributed by atoms with E-state index in [0.29, 0.717) is 17.7 Å². The Morgan fingerprint density at radius 2 is 2.00 bits per heavy atom. The van der Waals surface area contributed by atoms with Crippen molar-refractivity contribution in [3.05, 3.63) is 59.2 Å². The molecule has 0 spiro atoms. The maximum absolute atomic E-state index is 13.5. The minimum absolute atomic E-state index is 0.0284. The van der Waals surface area contributed by atoms with Crippen LogP contribution in [-0.4, -0.2) is 10.4 Å². The summed E-state index contributed by atoms with van der Waals surface area (Å²) >= 11 is 0. The summed E-state index contributed by atoms with van der Waals surface area (Å²) in [6, 6.07) is 8.22. The lowest BCUT2D eigenvalue weighted by Gasteiger charge is -2.30. The first-order chi connectivity index (χ1) is 9.94. The predicted molar refractivity (Wildman–Crippen MR) is 79.5 cm³/mol. The number of fused-ring (bicyclic) bond motifs is 1. The van der Waals surface area contributed by atoms with Gasteiger partial charge in [0.1, 0.15) is 5.82 Å². The normalized spacial score (nSPS) is 16.0. The molecular formula is C18H16FNO. The number of ketones is 1. The average molecular weight is 281 g/mol. The van der Waals surface area contributed by atoms with Crippen molar-refractivity contribution in [3.8, 4) is 11.8 Å². The molecule has 2 heterocycles. The third-order valence-corrected chi connectivity index (χ3v) is 3.64. The van der Waals surface area contributed by atoms with Gasteiger partial charge in [-0.05, 0) is 23.6 Å². The van der Waals surface area contributed by atoms with E-state index in [4.69, 9.17) is 0 Å². The molecule has 3 rings (SSSR count). The fourth-order valence-electron chi connectivity index (χ4n) is 2.69. The van der Waals surface area contributed by atoms with Gasteiger partial charge in [0.25, 0.3) is 0 Å². The molecule has 2 aromatic rings. The molecule has 1 aliphatic heterocycles. The van der Waals surface area contributed by atoms with Gasteiger partial charge in [-0.15, -0.1) is 0 Å². The summed E-state index contributed by atoms with van der Waals surface area (Å²) in [6.45, 7) is 4.96. The SMILES string of the molecule is CC1(C)CC(=O)c2cc(C#Cc3ccccc3F)cn2C1. The maximum Gasteiger partial charge on any atom is 0.179 e. The molecule has 0 fully saturated rings. The lowest BCUT2D eigenvalue weighted by Crippen LogP contribution is -2.30. The Morgan fingerprint density at radius 3 is 2.76 bits per heavy atom. The van der Waals surface area contributed by atoms with Crippen LogP contribution in [0.5, 0.6) is 0 Å². The quantitative estimate of drug-likeness (QED) is 0.676. The largest absolute Gasteiger partial charge is 0.343 e. The van der Waals surface area contributed by atoms with Gasteiger partial charge in [-0.2, -0.15) is 0 Å². The first-order valence-electron chi connectivity index (χ1n) is 6.95. The fraction of sp³-hybridized carbons (Fsp3) is 0.278. The van der Waals surface area contributed by atoms with Crippen LogP contribution >= 0.6 is 0 Å². The van der Waals surface area contributed by atoms with Crippen LogP contribution in [0.15, 0.2) is 36.5 Å². The summed E-state index contributed by atoms with van der Waals surface area (Å²) < 4.78 is 15.5. The highest BCUT2D eigenvalue weighted by Gasteiger charge is 2.30. The molecule has 0 bridgehead atoms. The zero-order valence-corrected chi connectivity index (χ0v) is 12.1. The van der Waals surface area contributed by atoms with Crippen molar-refractivity contribution in [2.24, 2.45) is 5.41 Å². The van der Waals surface area contributed by atoms with Gasteiger partial charge in [0, 0.05) is 24.7 Å². The number of hydrogen-bond donors (Lipinski definition) is 0. The number of carbonyl (C=O) groups excluding carboxylic acids is 1. The van der Waals surface area contributed by atoms with Gasteiger partial charge in [-0.1, -0.05) is 37.8 Å². The zero-order valence-electron chi connectivity index (χ0n) is 12.1. The third kappa shape index (κ3) is 2.75. The third-order valence-electron chi connectivity index (χ3n) is 3.64. The number of Topliss-reactive ketones (excluding diaryl/α,β-unsaturated/α-hetero) is 1. The van der Waals surface area contributed by atoms with E-state index in [2.05, 4.69) is 25.7 Å². The van der Waals surface area contributed by atoms with Gasteiger partial charge in [0.15, 0.2) is 5.78 Å². The Balaban J connectivity index is 1.94. The van der Waals surface area contributed by atoms with E-state index >= 15 is 0 Å². The van der Waals surface area contributed by atoms with Gasteiger partial charge in [0.05, 0.1) is 11.3 Å². The molecule has 106 valence electrons. The zero-order chi connectivity index (χ0) is 15.0. The molecule has 0 N–H and O–H groups in total. The Morgan fingerprint density at radius 1 is 1.24 bits per heavy atom. The summed E-state index contributed by atoms with van der Waals surface area (Å²) in [5.74, 6) is 5.58. The highest BCUT2D eigenvalue weighted by atomic mass is 19.1. The Hall–Kier alpha value is -2.34. The summed E-state index contributed by atoms with van der Waals surface area (Å²) in [6.07, 6.45) is 2.43. The lowest BCUT2D eigenvalue weighted by atomic mass is 9.84. The second kappa shape index (κ2) is 4.89. The van der Waals surface area contributed by atoms with Crippen molar-refractivity contribution in [1.29, 1.82) is 0 Å². The van der Waals surface area contributed by atoms with E-state index in [1.54, 1.807) is 24.3 Å². The lowest BCUT2D eigenvalue weighted by molar-refractivity contribution is 0.0870. The van der Waals surface area contributed by atoms with Crippen LogP contribution in [0.25, 0.3) is 0 Å². The molecule has 3 heteroatoms. The van der Waals surface area contributed by atoms with E-state index in [1.165, 1.54) is 6.07 Å². The molecule has 0 aliphatic carbocycles. The topological polar surface area (TPSA) is 22.0 Å². The number of aromatic nitrogens is 1. The van der Waals surface area contributed by atoms with Gasteiger partial charge in [0.2, 0.25) is 0 Å². The molecule has 0 radical (unpaired) electrons. The summed E-state index contributed by atoms with van der Waals surface area (Å²) in [5.41, 5.74) is 1.79. The fourth-order valence-corrected chi connectivity index (χ4v) is 2.69. The van der Waals surface area contributed by atoms with Crippen molar-refractivity contribution in [3.63, 3.8) is 0 Å². The second-order valence-corrected chi connectivity index (χ2v) is 6.24. The first kappa shape index (κ1) is 13.6. The number of carbonyl (C=O) groups is 1. The second-order valence-electron chi connectivity index (χ2n) is 6.24. The van der Waals surface area contributed by atoms with E-state index < -0.39 is 0 Å². The van der Waals surface area contributed by atoms with Crippen LogP contribution in [0.2, 0.25) is 0 Å². The van der Waals surface area contributed by atoms with Gasteiger partial charge in [-0.25, -0.2) is 4.39 Å². The molecule has 2 nitrogen and oxygen atoms in total. The van der Waals surface area contributed by atoms with E-state index in [9.17, 15) is 9.18 Å². The van der Waals surface area contributed by atoms with Gasteiger partial charge >= 0.3 is 0 Å². The summed E-state index contributed by atoms with van der Waals surface area (Å²) in [4.78, 5) is 12.1. The number of nitrogens with zero attached hydrogens (tertiary/aromatic N) is 1. The van der Waals surface area contributed by atoms with E-state index in [-0.39, 0.29) is 17.0 Å². The molecule has 1 aromatic carbocycles. The molecule has 1 aromatic heterocycles. The number of hydrogen-bond acceptors (Lipinski definition) is 1. The number of benzene rings is 1. The molecule has 0 atom stereocenters. The van der Waals surface area contributed by atoms with Crippen molar-refractivity contribution in [2.75, 3.05) is 0 Å². The molecule has 0 unspecified atom stereocenters. The Kier molecular flexibility index (Phi) is 3.17. The monoisotopic (exact) mass is 281 g/mol.